The molecule has 5 rings (SSSR count). The summed E-state index contributed by atoms with van der Waals surface area (Å²) in [4.78, 5) is 5.35. The van der Waals surface area contributed by atoms with Gasteiger partial charge in [0.15, 0.2) is 0 Å². The molecular formula is C25H38N2O. The summed E-state index contributed by atoms with van der Waals surface area (Å²) >= 11 is 0. The van der Waals surface area contributed by atoms with E-state index in [1.165, 1.54) is 90.5 Å². The third-order valence-electron chi connectivity index (χ3n) is 7.82. The highest BCUT2D eigenvalue weighted by Crippen LogP contribution is 2.34. The number of nitrogens with zero attached hydrogens (tertiary/aromatic N) is 2. The highest BCUT2D eigenvalue weighted by molar-refractivity contribution is 5.37. The van der Waals surface area contributed by atoms with Gasteiger partial charge in [0.25, 0.3) is 0 Å². The molecule has 3 heteroatoms. The van der Waals surface area contributed by atoms with Crippen molar-refractivity contribution in [2.45, 2.75) is 57.8 Å². The minimum Gasteiger partial charge on any atom is -0.492 e. The van der Waals surface area contributed by atoms with E-state index in [9.17, 15) is 0 Å². The van der Waals surface area contributed by atoms with Gasteiger partial charge in [-0.25, -0.2) is 0 Å². The molecule has 0 N–H and O–H groups in total. The molecule has 1 aromatic rings. The third kappa shape index (κ3) is 4.57. The van der Waals surface area contributed by atoms with Crippen LogP contribution in [-0.4, -0.2) is 55.7 Å². The van der Waals surface area contributed by atoms with Crippen LogP contribution in [0.5, 0.6) is 5.75 Å². The van der Waals surface area contributed by atoms with Crippen LogP contribution in [0.4, 0.5) is 0 Å². The Morgan fingerprint density at radius 3 is 2.54 bits per heavy atom. The zero-order chi connectivity index (χ0) is 18.8. The zero-order valence-electron chi connectivity index (χ0n) is 17.6. The number of ether oxygens (including phenoxy) is 1. The van der Waals surface area contributed by atoms with Gasteiger partial charge < -0.3 is 9.64 Å². The molecule has 2 heterocycles. The highest BCUT2D eigenvalue weighted by atomic mass is 16.5. The van der Waals surface area contributed by atoms with Crippen LogP contribution >= 0.6 is 0 Å². The molecule has 2 bridgehead atoms. The number of piperidine rings is 1. The van der Waals surface area contributed by atoms with Crippen molar-refractivity contribution in [2.24, 2.45) is 17.8 Å². The lowest BCUT2D eigenvalue weighted by Gasteiger charge is -2.41. The maximum atomic E-state index is 6.18. The Kier molecular flexibility index (Phi) is 5.92. The lowest BCUT2D eigenvalue weighted by Crippen LogP contribution is -2.44. The predicted octanol–water partition coefficient (Wildman–Crippen LogP) is 4.39. The van der Waals surface area contributed by atoms with Crippen molar-refractivity contribution >= 4 is 0 Å². The van der Waals surface area contributed by atoms with Gasteiger partial charge in [-0.2, -0.15) is 0 Å². The molecule has 3 nitrogen and oxygen atoms in total. The third-order valence-corrected chi connectivity index (χ3v) is 7.82. The molecule has 3 fully saturated rings. The number of fused-ring (bicyclic) bond motifs is 3. The second-order valence-electron chi connectivity index (χ2n) is 10.1. The molecule has 3 unspecified atom stereocenters. The fraction of sp³-hybridized carbons (Fsp3) is 0.760. The first kappa shape index (κ1) is 18.9. The molecule has 2 saturated heterocycles. The van der Waals surface area contributed by atoms with Crippen LogP contribution in [0.2, 0.25) is 0 Å². The van der Waals surface area contributed by atoms with Gasteiger partial charge in [0.2, 0.25) is 0 Å². The van der Waals surface area contributed by atoms with Crippen molar-refractivity contribution in [3.63, 3.8) is 0 Å². The molecule has 2 aliphatic heterocycles. The summed E-state index contributed by atoms with van der Waals surface area (Å²) in [6.07, 6.45) is 12.5. The van der Waals surface area contributed by atoms with Crippen molar-refractivity contribution in [3.8, 4) is 5.75 Å². The van der Waals surface area contributed by atoms with Crippen LogP contribution in [-0.2, 0) is 12.8 Å². The van der Waals surface area contributed by atoms with Crippen LogP contribution in [0.15, 0.2) is 18.2 Å². The number of likely N-dealkylation sites (tertiary alicyclic amines) is 2. The minimum atomic E-state index is 0.843. The Bertz CT molecular complexity index is 642. The van der Waals surface area contributed by atoms with E-state index in [1.54, 1.807) is 11.1 Å². The Labute approximate surface area is 171 Å². The monoisotopic (exact) mass is 382 g/mol. The van der Waals surface area contributed by atoms with E-state index in [1.807, 2.05) is 0 Å². The first-order valence-corrected chi connectivity index (χ1v) is 12.0. The maximum absolute atomic E-state index is 6.18. The molecule has 0 amide bonds. The lowest BCUT2D eigenvalue weighted by atomic mass is 9.78. The molecule has 0 aromatic heterocycles. The van der Waals surface area contributed by atoms with E-state index in [0.29, 0.717) is 0 Å². The van der Waals surface area contributed by atoms with Gasteiger partial charge >= 0.3 is 0 Å². The predicted molar refractivity (Wildman–Crippen MR) is 115 cm³/mol. The lowest BCUT2D eigenvalue weighted by molar-refractivity contribution is 0.0749. The smallest absolute Gasteiger partial charge is 0.119 e. The van der Waals surface area contributed by atoms with Gasteiger partial charge in [0.05, 0.1) is 0 Å². The summed E-state index contributed by atoms with van der Waals surface area (Å²) in [5, 5.41) is 0. The van der Waals surface area contributed by atoms with Crippen LogP contribution in [0.25, 0.3) is 0 Å². The van der Waals surface area contributed by atoms with Crippen molar-refractivity contribution in [1.29, 1.82) is 0 Å². The van der Waals surface area contributed by atoms with E-state index in [-0.39, 0.29) is 0 Å². The quantitative estimate of drug-likeness (QED) is 0.726. The summed E-state index contributed by atoms with van der Waals surface area (Å²) < 4.78 is 6.18. The van der Waals surface area contributed by atoms with Crippen LogP contribution in [0.1, 0.15) is 56.1 Å². The van der Waals surface area contributed by atoms with Crippen molar-refractivity contribution in [3.05, 3.63) is 29.3 Å². The summed E-state index contributed by atoms with van der Waals surface area (Å²) in [6, 6.07) is 6.92. The van der Waals surface area contributed by atoms with Crippen LogP contribution in [0.3, 0.4) is 0 Å². The van der Waals surface area contributed by atoms with Crippen molar-refractivity contribution in [2.75, 3.05) is 45.9 Å². The van der Waals surface area contributed by atoms with Gasteiger partial charge in [0.1, 0.15) is 12.4 Å². The zero-order valence-corrected chi connectivity index (χ0v) is 17.6. The first-order valence-electron chi connectivity index (χ1n) is 12.0. The number of rotatable bonds is 6. The summed E-state index contributed by atoms with van der Waals surface area (Å²) in [7, 11) is 0. The maximum Gasteiger partial charge on any atom is 0.119 e. The molecular weight excluding hydrogens is 344 g/mol. The van der Waals surface area contributed by atoms with Gasteiger partial charge in [-0.1, -0.05) is 12.5 Å². The van der Waals surface area contributed by atoms with E-state index in [2.05, 4.69) is 28.0 Å². The fourth-order valence-electron chi connectivity index (χ4n) is 6.40. The summed E-state index contributed by atoms with van der Waals surface area (Å²) in [6.45, 7) is 8.53. The molecule has 28 heavy (non-hydrogen) atoms. The molecule has 1 aromatic carbocycles. The molecule has 0 radical (unpaired) electrons. The molecule has 3 atom stereocenters. The van der Waals surface area contributed by atoms with Crippen LogP contribution in [0, 0.1) is 17.8 Å². The van der Waals surface area contributed by atoms with E-state index in [4.69, 9.17) is 4.74 Å². The summed E-state index contributed by atoms with van der Waals surface area (Å²) in [5.74, 6) is 3.87. The topological polar surface area (TPSA) is 15.7 Å². The molecule has 4 aliphatic rings. The van der Waals surface area contributed by atoms with Crippen LogP contribution < -0.4 is 4.74 Å². The Balaban J connectivity index is 1.10. The van der Waals surface area contributed by atoms with Gasteiger partial charge in [-0.3, -0.25) is 4.90 Å². The summed E-state index contributed by atoms with van der Waals surface area (Å²) in [5.41, 5.74) is 3.12. The fourth-order valence-corrected chi connectivity index (χ4v) is 6.40. The molecule has 0 spiro atoms. The standard InChI is InChI=1S/C25H38N2O/c1-2-11-26(10-1)17-22-6-7-24-16-25(9-8-23(24)15-22)28-13-12-27-18-20-4-3-5-21(14-20)19-27/h8-9,16,20-22H,1-7,10-15,17-19H2. The molecule has 2 aliphatic carbocycles. The number of hydrogen-bond acceptors (Lipinski definition) is 3. The normalized spacial score (nSPS) is 30.9. The largest absolute Gasteiger partial charge is 0.492 e. The number of benzene rings is 1. The van der Waals surface area contributed by atoms with E-state index in [0.717, 1.165) is 36.7 Å². The Morgan fingerprint density at radius 1 is 0.893 bits per heavy atom. The number of hydrogen-bond donors (Lipinski definition) is 0. The first-order chi connectivity index (χ1) is 13.8. The minimum absolute atomic E-state index is 0.843. The van der Waals surface area contributed by atoms with E-state index < -0.39 is 0 Å². The van der Waals surface area contributed by atoms with Gasteiger partial charge in [-0.05, 0) is 105 Å². The Morgan fingerprint density at radius 2 is 1.71 bits per heavy atom. The SMILES string of the molecule is c1cc2c(cc1OCCN1CC3CCCC(C3)C1)CCC(CN1CCCC1)C2. The number of aryl methyl sites for hydroxylation is 1. The second kappa shape index (κ2) is 8.75. The van der Waals surface area contributed by atoms with Gasteiger partial charge in [0, 0.05) is 26.2 Å². The molecule has 1 saturated carbocycles. The second-order valence-corrected chi connectivity index (χ2v) is 10.1. The van der Waals surface area contributed by atoms with Gasteiger partial charge in [-0.15, -0.1) is 0 Å². The Hall–Kier alpha value is -1.06. The average molecular weight is 383 g/mol. The van der Waals surface area contributed by atoms with Crippen molar-refractivity contribution < 1.29 is 4.74 Å². The van der Waals surface area contributed by atoms with E-state index >= 15 is 0 Å². The van der Waals surface area contributed by atoms with Crippen molar-refractivity contribution in [1.82, 2.24) is 9.80 Å². The average Bonchev–Trinajstić information content (AvgIpc) is 3.21. The highest BCUT2D eigenvalue weighted by Gasteiger charge is 2.30. The molecule has 154 valence electrons.